The molecule has 0 radical (unpaired) electrons. The first-order valence-corrected chi connectivity index (χ1v) is 7.90. The number of rotatable bonds is 8. The standard InChI is InChI=1S/C9H12FNO2.C8H9ClFNO2/c1-7-8(5-13-6-12-2)3-9(10)4-11-7;1-12-5-13-4-6-2-7(10)3-11-8(6)9/h3-4H,5-6H2,1-2H3;2-3H,4-5H2,1H3. The number of methoxy groups -OCH3 is 2. The molecule has 0 unspecified atom stereocenters. The van der Waals surface area contributed by atoms with Gasteiger partial charge in [-0.15, -0.1) is 0 Å². The minimum Gasteiger partial charge on any atom is -0.359 e. The lowest BCUT2D eigenvalue weighted by Gasteiger charge is -2.05. The van der Waals surface area contributed by atoms with E-state index >= 15 is 0 Å². The molecule has 2 aromatic rings. The minimum absolute atomic E-state index is 0.146. The Morgan fingerprint density at radius 2 is 1.38 bits per heavy atom. The molecule has 0 fully saturated rings. The third kappa shape index (κ3) is 8.59. The summed E-state index contributed by atoms with van der Waals surface area (Å²) in [6.07, 6.45) is 2.25. The third-order valence-electron chi connectivity index (χ3n) is 2.95. The van der Waals surface area contributed by atoms with Crippen molar-refractivity contribution in [1.29, 1.82) is 0 Å². The van der Waals surface area contributed by atoms with Crippen molar-refractivity contribution in [2.75, 3.05) is 27.8 Å². The van der Waals surface area contributed by atoms with Gasteiger partial charge in [0.05, 0.1) is 25.6 Å². The van der Waals surface area contributed by atoms with Crippen LogP contribution in [0.4, 0.5) is 8.78 Å². The van der Waals surface area contributed by atoms with E-state index in [1.807, 2.05) is 6.92 Å². The van der Waals surface area contributed by atoms with Gasteiger partial charge in [-0.1, -0.05) is 11.6 Å². The number of pyridine rings is 2. The zero-order valence-electron chi connectivity index (χ0n) is 14.8. The van der Waals surface area contributed by atoms with Gasteiger partial charge in [0.2, 0.25) is 0 Å². The van der Waals surface area contributed by atoms with Crippen molar-refractivity contribution < 1.29 is 27.7 Å². The van der Waals surface area contributed by atoms with Gasteiger partial charge in [-0.3, -0.25) is 4.98 Å². The molecule has 2 rings (SSSR count). The first-order chi connectivity index (χ1) is 12.5. The summed E-state index contributed by atoms with van der Waals surface area (Å²) in [4.78, 5) is 7.49. The lowest BCUT2D eigenvalue weighted by Crippen LogP contribution is -2.00. The van der Waals surface area contributed by atoms with Crippen LogP contribution >= 0.6 is 11.6 Å². The summed E-state index contributed by atoms with van der Waals surface area (Å²) in [5.41, 5.74) is 2.04. The van der Waals surface area contributed by atoms with Gasteiger partial charge in [-0.05, 0) is 19.1 Å². The molecule has 0 atom stereocenters. The molecule has 0 N–H and O–H groups in total. The smallest absolute Gasteiger partial charge is 0.146 e. The Hall–Kier alpha value is -1.71. The van der Waals surface area contributed by atoms with Gasteiger partial charge >= 0.3 is 0 Å². The van der Waals surface area contributed by atoms with Crippen LogP contribution in [0, 0.1) is 18.6 Å². The fourth-order valence-corrected chi connectivity index (χ4v) is 1.89. The zero-order chi connectivity index (χ0) is 19.4. The number of aryl methyl sites for hydroxylation is 1. The molecule has 0 amide bonds. The Morgan fingerprint density at radius 1 is 0.885 bits per heavy atom. The molecular formula is C17H21ClF2N2O4. The SMILES string of the molecule is COCOCc1cc(F)cnc1C.COCOCc1cc(F)cnc1Cl. The zero-order valence-corrected chi connectivity index (χ0v) is 15.6. The summed E-state index contributed by atoms with van der Waals surface area (Å²) < 4.78 is 44.8. The Kier molecular flexibility index (Phi) is 10.8. The van der Waals surface area contributed by atoms with E-state index in [2.05, 4.69) is 14.7 Å². The molecule has 0 aromatic carbocycles. The molecule has 26 heavy (non-hydrogen) atoms. The molecule has 9 heteroatoms. The van der Waals surface area contributed by atoms with Gasteiger partial charge in [0, 0.05) is 31.0 Å². The van der Waals surface area contributed by atoms with Crippen molar-refractivity contribution in [3.8, 4) is 0 Å². The molecule has 0 saturated carbocycles. The highest BCUT2D eigenvalue weighted by Gasteiger charge is 2.03. The Morgan fingerprint density at radius 3 is 1.96 bits per heavy atom. The number of aromatic nitrogens is 2. The summed E-state index contributed by atoms with van der Waals surface area (Å²) in [6.45, 7) is 2.68. The average Bonchev–Trinajstić information content (AvgIpc) is 2.62. The van der Waals surface area contributed by atoms with Crippen LogP contribution in [0.5, 0.6) is 0 Å². The normalized spacial score (nSPS) is 10.4. The van der Waals surface area contributed by atoms with E-state index in [4.69, 9.17) is 25.8 Å². The lowest BCUT2D eigenvalue weighted by atomic mass is 10.2. The Labute approximate surface area is 156 Å². The minimum atomic E-state index is -0.430. The van der Waals surface area contributed by atoms with Gasteiger partial charge in [-0.2, -0.15) is 0 Å². The molecule has 144 valence electrons. The highest BCUT2D eigenvalue weighted by atomic mass is 35.5. The van der Waals surface area contributed by atoms with E-state index in [1.165, 1.54) is 32.5 Å². The second-order valence-electron chi connectivity index (χ2n) is 5.01. The van der Waals surface area contributed by atoms with E-state index < -0.39 is 5.82 Å². The molecule has 2 heterocycles. The molecule has 0 aliphatic rings. The van der Waals surface area contributed by atoms with E-state index in [0.29, 0.717) is 12.2 Å². The molecule has 0 saturated heterocycles. The molecule has 0 bridgehead atoms. The molecule has 0 aliphatic carbocycles. The van der Waals surface area contributed by atoms with Gasteiger partial charge in [0.1, 0.15) is 30.4 Å². The second kappa shape index (κ2) is 12.6. The predicted molar refractivity (Wildman–Crippen MR) is 91.5 cm³/mol. The van der Waals surface area contributed by atoms with Crippen molar-refractivity contribution in [3.63, 3.8) is 0 Å². The van der Waals surface area contributed by atoms with Crippen molar-refractivity contribution in [2.24, 2.45) is 0 Å². The van der Waals surface area contributed by atoms with Gasteiger partial charge in [0.25, 0.3) is 0 Å². The second-order valence-corrected chi connectivity index (χ2v) is 5.37. The quantitative estimate of drug-likeness (QED) is 0.389. The average molecular weight is 391 g/mol. The Balaban J connectivity index is 0.000000260. The fraction of sp³-hybridized carbons (Fsp3) is 0.412. The van der Waals surface area contributed by atoms with Crippen LogP contribution in [0.3, 0.4) is 0 Å². The van der Waals surface area contributed by atoms with Crippen LogP contribution in [0.2, 0.25) is 5.15 Å². The van der Waals surface area contributed by atoms with Crippen molar-refractivity contribution in [2.45, 2.75) is 20.1 Å². The van der Waals surface area contributed by atoms with Gasteiger partial charge in [-0.25, -0.2) is 13.8 Å². The topological polar surface area (TPSA) is 62.7 Å². The lowest BCUT2D eigenvalue weighted by molar-refractivity contribution is -0.0394. The summed E-state index contributed by atoms with van der Waals surface area (Å²) in [7, 11) is 3.04. The summed E-state index contributed by atoms with van der Waals surface area (Å²) in [6, 6.07) is 2.70. The van der Waals surface area contributed by atoms with E-state index in [-0.39, 0.29) is 31.2 Å². The van der Waals surface area contributed by atoms with E-state index in [1.54, 1.807) is 0 Å². The number of hydrogen-bond acceptors (Lipinski definition) is 6. The molecular weight excluding hydrogens is 370 g/mol. The summed E-state index contributed by atoms with van der Waals surface area (Å²) in [5.74, 6) is -0.776. The highest BCUT2D eigenvalue weighted by Crippen LogP contribution is 2.14. The molecule has 2 aromatic heterocycles. The maximum Gasteiger partial charge on any atom is 0.146 e. The molecule has 0 spiro atoms. The highest BCUT2D eigenvalue weighted by molar-refractivity contribution is 6.30. The monoisotopic (exact) mass is 390 g/mol. The number of hydrogen-bond donors (Lipinski definition) is 0. The number of nitrogens with zero attached hydrogens (tertiary/aromatic N) is 2. The van der Waals surface area contributed by atoms with Crippen LogP contribution in [-0.4, -0.2) is 37.8 Å². The fourth-order valence-electron chi connectivity index (χ4n) is 1.73. The van der Waals surface area contributed by atoms with Crippen molar-refractivity contribution in [1.82, 2.24) is 9.97 Å². The largest absolute Gasteiger partial charge is 0.359 e. The molecule has 6 nitrogen and oxygen atoms in total. The number of halogens is 3. The first kappa shape index (κ1) is 22.3. The van der Waals surface area contributed by atoms with Crippen LogP contribution in [0.1, 0.15) is 16.8 Å². The number of ether oxygens (including phenoxy) is 4. The predicted octanol–water partition coefficient (Wildman–Crippen LogP) is 3.64. The maximum absolute atomic E-state index is 12.7. The summed E-state index contributed by atoms with van der Waals surface area (Å²) in [5, 5.41) is 0.248. The van der Waals surface area contributed by atoms with Crippen LogP contribution in [-0.2, 0) is 32.2 Å². The van der Waals surface area contributed by atoms with Gasteiger partial charge in [0.15, 0.2) is 0 Å². The third-order valence-corrected chi connectivity index (χ3v) is 3.29. The molecule has 0 aliphatic heterocycles. The van der Waals surface area contributed by atoms with Crippen LogP contribution in [0.15, 0.2) is 24.5 Å². The van der Waals surface area contributed by atoms with Crippen molar-refractivity contribution >= 4 is 11.6 Å². The van der Waals surface area contributed by atoms with Crippen LogP contribution in [0.25, 0.3) is 0 Å². The van der Waals surface area contributed by atoms with Gasteiger partial charge < -0.3 is 18.9 Å². The van der Waals surface area contributed by atoms with E-state index in [0.717, 1.165) is 17.5 Å². The van der Waals surface area contributed by atoms with Crippen LogP contribution < -0.4 is 0 Å². The first-order valence-electron chi connectivity index (χ1n) is 7.52. The summed E-state index contributed by atoms with van der Waals surface area (Å²) >= 11 is 5.68. The van der Waals surface area contributed by atoms with E-state index in [9.17, 15) is 8.78 Å². The Bertz CT molecular complexity index is 620. The maximum atomic E-state index is 12.7. The van der Waals surface area contributed by atoms with Crippen molar-refractivity contribution in [3.05, 3.63) is 58.1 Å².